The van der Waals surface area contributed by atoms with Gasteiger partial charge in [0, 0.05) is 31.7 Å². The van der Waals surface area contributed by atoms with Crippen molar-refractivity contribution in [3.63, 3.8) is 0 Å². The van der Waals surface area contributed by atoms with Crippen LogP contribution in [0, 0.1) is 18.8 Å². The Labute approximate surface area is 160 Å². The highest BCUT2D eigenvalue weighted by molar-refractivity contribution is 6.01. The second-order valence-corrected chi connectivity index (χ2v) is 7.46. The number of methoxy groups -OCH3 is 1. The molecule has 0 aliphatic carbocycles. The first-order chi connectivity index (χ1) is 13.0. The minimum Gasteiger partial charge on any atom is -0.469 e. The molecule has 2 saturated heterocycles. The number of hydrogen-bond acceptors (Lipinski definition) is 4. The lowest BCUT2D eigenvalue weighted by atomic mass is 9.95. The molecule has 1 aromatic rings. The van der Waals surface area contributed by atoms with Crippen molar-refractivity contribution < 1.29 is 19.1 Å². The van der Waals surface area contributed by atoms with Gasteiger partial charge in [-0.05, 0) is 37.3 Å². The second kappa shape index (κ2) is 8.11. The maximum Gasteiger partial charge on any atom is 0.308 e. The Kier molecular flexibility index (Phi) is 5.82. The van der Waals surface area contributed by atoms with Crippen LogP contribution in [0.25, 0.3) is 0 Å². The van der Waals surface area contributed by atoms with Crippen LogP contribution in [-0.4, -0.2) is 49.4 Å². The molecule has 1 aromatic carbocycles. The number of piperidine rings is 1. The smallest absolute Gasteiger partial charge is 0.308 e. The molecule has 2 amide bonds. The van der Waals surface area contributed by atoms with Crippen molar-refractivity contribution in [3.05, 3.63) is 29.3 Å². The lowest BCUT2D eigenvalue weighted by Gasteiger charge is -2.32. The summed E-state index contributed by atoms with van der Waals surface area (Å²) in [6.45, 7) is 5.62. The Morgan fingerprint density at radius 1 is 1.19 bits per heavy atom. The number of likely N-dealkylation sites (tertiary alicyclic amines) is 1. The Morgan fingerprint density at radius 2 is 1.89 bits per heavy atom. The summed E-state index contributed by atoms with van der Waals surface area (Å²) in [6, 6.07) is 6.06. The molecule has 0 bridgehead atoms. The van der Waals surface area contributed by atoms with Gasteiger partial charge in [-0.1, -0.05) is 25.1 Å². The fourth-order valence-corrected chi connectivity index (χ4v) is 4.24. The third-order valence-corrected chi connectivity index (χ3v) is 5.79. The zero-order valence-corrected chi connectivity index (χ0v) is 16.4. The van der Waals surface area contributed by atoms with Crippen LogP contribution in [0.4, 0.5) is 5.69 Å². The van der Waals surface area contributed by atoms with E-state index in [0.29, 0.717) is 32.5 Å². The van der Waals surface area contributed by atoms with E-state index in [-0.39, 0.29) is 36.0 Å². The monoisotopic (exact) mass is 372 g/mol. The fourth-order valence-electron chi connectivity index (χ4n) is 4.24. The SMILES string of the molecule is CCc1cccc(C)c1N1CC(C(=O)N2CCC(C(=O)OC)CC2)CC1=O. The number of para-hydroxylation sites is 1. The van der Waals surface area contributed by atoms with Crippen molar-refractivity contribution >= 4 is 23.5 Å². The first kappa shape index (κ1) is 19.4. The van der Waals surface area contributed by atoms with Gasteiger partial charge < -0.3 is 14.5 Å². The maximum atomic E-state index is 12.9. The third kappa shape index (κ3) is 3.84. The molecule has 2 heterocycles. The molecule has 2 aliphatic heterocycles. The molecule has 2 fully saturated rings. The number of hydrogen-bond donors (Lipinski definition) is 0. The van der Waals surface area contributed by atoms with E-state index in [1.165, 1.54) is 7.11 Å². The molecule has 3 rings (SSSR count). The van der Waals surface area contributed by atoms with Crippen molar-refractivity contribution in [2.24, 2.45) is 11.8 Å². The normalized spacial score (nSPS) is 20.9. The standard InChI is InChI=1S/C21H28N2O4/c1-4-15-7-5-6-14(2)19(15)23-13-17(12-18(23)24)20(25)22-10-8-16(9-11-22)21(26)27-3/h5-7,16-17H,4,8-13H2,1-3H3. The topological polar surface area (TPSA) is 66.9 Å². The lowest BCUT2D eigenvalue weighted by molar-refractivity contribution is -0.149. The largest absolute Gasteiger partial charge is 0.469 e. The molecule has 1 unspecified atom stereocenters. The minimum atomic E-state index is -0.309. The molecular weight excluding hydrogens is 344 g/mol. The van der Waals surface area contributed by atoms with E-state index in [0.717, 1.165) is 23.2 Å². The minimum absolute atomic E-state index is 0.0156. The molecule has 2 aliphatic rings. The summed E-state index contributed by atoms with van der Waals surface area (Å²) in [7, 11) is 1.40. The summed E-state index contributed by atoms with van der Waals surface area (Å²) < 4.78 is 4.80. The first-order valence-corrected chi connectivity index (χ1v) is 9.71. The van der Waals surface area contributed by atoms with Gasteiger partial charge in [0.05, 0.1) is 18.9 Å². The van der Waals surface area contributed by atoms with Crippen molar-refractivity contribution in [3.8, 4) is 0 Å². The summed E-state index contributed by atoms with van der Waals surface area (Å²) in [5.74, 6) is -0.588. The molecule has 0 spiro atoms. The number of amides is 2. The number of nitrogens with zero attached hydrogens (tertiary/aromatic N) is 2. The summed E-state index contributed by atoms with van der Waals surface area (Å²) >= 11 is 0. The number of anilines is 1. The van der Waals surface area contributed by atoms with E-state index >= 15 is 0 Å². The summed E-state index contributed by atoms with van der Waals surface area (Å²) in [5.41, 5.74) is 3.16. The molecule has 0 N–H and O–H groups in total. The van der Waals surface area contributed by atoms with E-state index < -0.39 is 0 Å². The van der Waals surface area contributed by atoms with Crippen molar-refractivity contribution in [2.75, 3.05) is 31.6 Å². The molecule has 6 nitrogen and oxygen atoms in total. The van der Waals surface area contributed by atoms with Crippen LogP contribution in [0.5, 0.6) is 0 Å². The number of rotatable bonds is 4. The zero-order chi connectivity index (χ0) is 19.6. The number of ether oxygens (including phenoxy) is 1. The molecule has 146 valence electrons. The number of aryl methyl sites for hydroxylation is 2. The van der Waals surface area contributed by atoms with Gasteiger partial charge in [0.15, 0.2) is 0 Å². The highest BCUT2D eigenvalue weighted by Gasteiger charge is 2.39. The van der Waals surface area contributed by atoms with Gasteiger partial charge in [0.2, 0.25) is 11.8 Å². The molecular formula is C21H28N2O4. The van der Waals surface area contributed by atoms with Crippen molar-refractivity contribution in [2.45, 2.75) is 39.5 Å². The van der Waals surface area contributed by atoms with Gasteiger partial charge in [0.1, 0.15) is 0 Å². The number of carbonyl (C=O) groups is 3. The van der Waals surface area contributed by atoms with Gasteiger partial charge >= 0.3 is 5.97 Å². The van der Waals surface area contributed by atoms with Crippen LogP contribution < -0.4 is 4.90 Å². The van der Waals surface area contributed by atoms with Gasteiger partial charge in [-0.15, -0.1) is 0 Å². The Morgan fingerprint density at radius 3 is 2.52 bits per heavy atom. The molecule has 1 atom stereocenters. The Hall–Kier alpha value is -2.37. The predicted molar refractivity (Wildman–Crippen MR) is 102 cm³/mol. The molecule has 0 radical (unpaired) electrons. The Balaban J connectivity index is 1.68. The van der Waals surface area contributed by atoms with E-state index in [2.05, 4.69) is 6.92 Å². The van der Waals surface area contributed by atoms with E-state index in [1.807, 2.05) is 25.1 Å². The average Bonchev–Trinajstić information content (AvgIpc) is 3.07. The third-order valence-electron chi connectivity index (χ3n) is 5.79. The van der Waals surface area contributed by atoms with Gasteiger partial charge in [-0.3, -0.25) is 14.4 Å². The second-order valence-electron chi connectivity index (χ2n) is 7.46. The Bertz CT molecular complexity index is 738. The van der Waals surface area contributed by atoms with Crippen LogP contribution in [0.15, 0.2) is 18.2 Å². The van der Waals surface area contributed by atoms with Crippen LogP contribution in [-0.2, 0) is 25.5 Å². The molecule has 6 heteroatoms. The highest BCUT2D eigenvalue weighted by Crippen LogP contribution is 2.33. The van der Waals surface area contributed by atoms with E-state index in [1.54, 1.807) is 9.80 Å². The van der Waals surface area contributed by atoms with E-state index in [4.69, 9.17) is 4.74 Å². The lowest BCUT2D eigenvalue weighted by Crippen LogP contribution is -2.44. The van der Waals surface area contributed by atoms with Crippen LogP contribution in [0.2, 0.25) is 0 Å². The number of esters is 1. The molecule has 0 aromatic heterocycles. The van der Waals surface area contributed by atoms with E-state index in [9.17, 15) is 14.4 Å². The maximum absolute atomic E-state index is 12.9. The van der Waals surface area contributed by atoms with Gasteiger partial charge in [0.25, 0.3) is 0 Å². The highest BCUT2D eigenvalue weighted by atomic mass is 16.5. The van der Waals surface area contributed by atoms with Crippen LogP contribution in [0.3, 0.4) is 0 Å². The molecule has 0 saturated carbocycles. The summed E-state index contributed by atoms with van der Waals surface area (Å²) in [6.07, 6.45) is 2.36. The van der Waals surface area contributed by atoms with Crippen molar-refractivity contribution in [1.29, 1.82) is 0 Å². The zero-order valence-electron chi connectivity index (χ0n) is 16.4. The van der Waals surface area contributed by atoms with Crippen molar-refractivity contribution in [1.82, 2.24) is 4.90 Å². The average molecular weight is 372 g/mol. The molecule has 27 heavy (non-hydrogen) atoms. The van der Waals surface area contributed by atoms with Gasteiger partial charge in [-0.2, -0.15) is 0 Å². The number of carbonyl (C=O) groups excluding carboxylic acids is 3. The first-order valence-electron chi connectivity index (χ1n) is 9.71. The summed E-state index contributed by atoms with van der Waals surface area (Å²) in [5, 5.41) is 0. The fraction of sp³-hybridized carbons (Fsp3) is 0.571. The quantitative estimate of drug-likeness (QED) is 0.761. The predicted octanol–water partition coefficient (Wildman–Crippen LogP) is 2.32. The van der Waals surface area contributed by atoms with Gasteiger partial charge in [-0.25, -0.2) is 0 Å². The van der Waals surface area contributed by atoms with Crippen LogP contribution >= 0.6 is 0 Å². The number of benzene rings is 1. The van der Waals surface area contributed by atoms with Crippen LogP contribution in [0.1, 0.15) is 37.3 Å². The summed E-state index contributed by atoms with van der Waals surface area (Å²) in [4.78, 5) is 40.9.